The Balaban J connectivity index is 1.76. The summed E-state index contributed by atoms with van der Waals surface area (Å²) in [6.07, 6.45) is 5.89. The van der Waals surface area contributed by atoms with Crippen molar-refractivity contribution in [2.75, 3.05) is 6.67 Å². The molecule has 3 heteroatoms. The first-order chi connectivity index (χ1) is 5.82. The maximum atomic E-state index is 11.8. The van der Waals surface area contributed by atoms with Gasteiger partial charge in [0.25, 0.3) is 0 Å². The van der Waals surface area contributed by atoms with E-state index in [2.05, 4.69) is 10.2 Å². The second kappa shape index (κ2) is 2.02. The fourth-order valence-electron chi connectivity index (χ4n) is 2.17. The Morgan fingerprint density at radius 3 is 2.58 bits per heavy atom. The summed E-state index contributed by atoms with van der Waals surface area (Å²) in [6, 6.07) is 0.574. The van der Waals surface area contributed by atoms with Crippen molar-refractivity contribution in [1.82, 2.24) is 10.2 Å². The quantitative estimate of drug-likeness (QED) is 0.614. The average molecular weight is 166 g/mol. The van der Waals surface area contributed by atoms with E-state index >= 15 is 0 Å². The zero-order chi connectivity index (χ0) is 8.18. The number of hydrogen-bond acceptors (Lipinski definition) is 2. The van der Waals surface area contributed by atoms with Gasteiger partial charge >= 0.3 is 0 Å². The summed E-state index contributed by atoms with van der Waals surface area (Å²) in [7, 11) is 0. The third-order valence-corrected chi connectivity index (χ3v) is 3.52. The molecule has 3 nitrogen and oxygen atoms in total. The fraction of sp³-hybridized carbons (Fsp3) is 0.889. The van der Waals surface area contributed by atoms with Crippen LogP contribution >= 0.6 is 0 Å². The van der Waals surface area contributed by atoms with Crippen LogP contribution in [0.15, 0.2) is 0 Å². The van der Waals surface area contributed by atoms with Crippen molar-refractivity contribution in [2.24, 2.45) is 0 Å². The molecule has 1 spiro atoms. The predicted octanol–water partition coefficient (Wildman–Crippen LogP) is 0.461. The molecular weight excluding hydrogens is 152 g/mol. The van der Waals surface area contributed by atoms with Crippen molar-refractivity contribution in [2.45, 2.75) is 43.7 Å². The zero-order valence-electron chi connectivity index (χ0n) is 7.18. The minimum atomic E-state index is -0.0738. The minimum Gasteiger partial charge on any atom is -0.325 e. The summed E-state index contributed by atoms with van der Waals surface area (Å²) in [5.74, 6) is 0.382. The van der Waals surface area contributed by atoms with Gasteiger partial charge in [-0.3, -0.25) is 10.1 Å². The molecule has 0 radical (unpaired) electrons. The smallest absolute Gasteiger partial charge is 0.244 e. The van der Waals surface area contributed by atoms with Gasteiger partial charge in [-0.1, -0.05) is 0 Å². The first kappa shape index (κ1) is 6.89. The lowest BCUT2D eigenvalue weighted by molar-refractivity contribution is -0.133. The van der Waals surface area contributed by atoms with Gasteiger partial charge in [-0.2, -0.15) is 0 Å². The molecule has 0 aromatic carbocycles. The molecule has 1 N–H and O–H groups in total. The number of nitrogens with zero attached hydrogens (tertiary/aromatic N) is 1. The fourth-order valence-corrected chi connectivity index (χ4v) is 2.17. The summed E-state index contributed by atoms with van der Waals surface area (Å²) in [5.41, 5.74) is -0.0738. The van der Waals surface area contributed by atoms with Crippen LogP contribution in [0, 0.1) is 0 Å². The van der Waals surface area contributed by atoms with Gasteiger partial charge < -0.3 is 4.90 Å². The molecule has 2 aliphatic carbocycles. The molecule has 0 bridgehead atoms. The third kappa shape index (κ3) is 0.724. The van der Waals surface area contributed by atoms with Gasteiger partial charge in [0.15, 0.2) is 0 Å². The second-order valence-corrected chi connectivity index (χ2v) is 4.28. The summed E-state index contributed by atoms with van der Waals surface area (Å²) in [6.45, 7) is 0.809. The largest absolute Gasteiger partial charge is 0.325 e. The summed E-state index contributed by atoms with van der Waals surface area (Å²) >= 11 is 0. The van der Waals surface area contributed by atoms with E-state index in [1.54, 1.807) is 0 Å². The van der Waals surface area contributed by atoms with Gasteiger partial charge in [0.05, 0.1) is 12.2 Å². The third-order valence-electron chi connectivity index (χ3n) is 3.52. The summed E-state index contributed by atoms with van der Waals surface area (Å²) in [4.78, 5) is 13.8. The van der Waals surface area contributed by atoms with Gasteiger partial charge in [-0.15, -0.1) is 0 Å². The molecule has 1 heterocycles. The normalized spacial score (nSPS) is 32.7. The van der Waals surface area contributed by atoms with Crippen molar-refractivity contribution >= 4 is 5.91 Å². The van der Waals surface area contributed by atoms with Crippen molar-refractivity contribution < 1.29 is 4.79 Å². The van der Waals surface area contributed by atoms with Crippen LogP contribution in [0.2, 0.25) is 0 Å². The van der Waals surface area contributed by atoms with Gasteiger partial charge in [0, 0.05) is 6.04 Å². The topological polar surface area (TPSA) is 32.3 Å². The Hall–Kier alpha value is -0.570. The Labute approximate surface area is 72.1 Å². The first-order valence-electron chi connectivity index (χ1n) is 4.88. The van der Waals surface area contributed by atoms with E-state index in [1.807, 2.05) is 0 Å². The molecule has 1 saturated heterocycles. The highest BCUT2D eigenvalue weighted by molar-refractivity contribution is 5.91. The molecule has 3 aliphatic rings. The number of hydrogen-bond donors (Lipinski definition) is 1. The number of amides is 1. The molecule has 3 rings (SSSR count). The maximum Gasteiger partial charge on any atom is 0.244 e. The van der Waals surface area contributed by atoms with E-state index in [-0.39, 0.29) is 5.54 Å². The average Bonchev–Trinajstić information content (AvgIpc) is 2.67. The van der Waals surface area contributed by atoms with E-state index in [4.69, 9.17) is 0 Å². The lowest BCUT2D eigenvalue weighted by Crippen LogP contribution is -2.43. The first-order valence-corrected chi connectivity index (χ1v) is 4.88. The Morgan fingerprint density at radius 1 is 1.42 bits per heavy atom. The lowest BCUT2D eigenvalue weighted by Gasteiger charge is -2.34. The van der Waals surface area contributed by atoms with Crippen molar-refractivity contribution in [3.8, 4) is 0 Å². The van der Waals surface area contributed by atoms with E-state index < -0.39 is 0 Å². The molecule has 1 aliphatic heterocycles. The van der Waals surface area contributed by atoms with Crippen LogP contribution in [0.1, 0.15) is 32.1 Å². The van der Waals surface area contributed by atoms with Crippen LogP contribution in [0.5, 0.6) is 0 Å². The molecular formula is C9H14N2O. The second-order valence-electron chi connectivity index (χ2n) is 4.28. The Morgan fingerprint density at radius 2 is 2.17 bits per heavy atom. The van der Waals surface area contributed by atoms with Crippen LogP contribution in [0.3, 0.4) is 0 Å². The van der Waals surface area contributed by atoms with Gasteiger partial charge in [0.2, 0.25) is 5.91 Å². The molecule has 0 unspecified atom stereocenters. The monoisotopic (exact) mass is 166 g/mol. The highest BCUT2D eigenvalue weighted by Gasteiger charge is 2.57. The van der Waals surface area contributed by atoms with E-state index in [1.165, 1.54) is 19.3 Å². The molecule has 0 aromatic heterocycles. The van der Waals surface area contributed by atoms with Crippen LogP contribution in [-0.4, -0.2) is 29.1 Å². The van der Waals surface area contributed by atoms with Crippen molar-refractivity contribution in [3.63, 3.8) is 0 Å². The molecule has 0 aromatic rings. The van der Waals surface area contributed by atoms with Gasteiger partial charge in [-0.05, 0) is 32.1 Å². The van der Waals surface area contributed by atoms with Crippen molar-refractivity contribution in [3.05, 3.63) is 0 Å². The van der Waals surface area contributed by atoms with Crippen LogP contribution in [0.4, 0.5) is 0 Å². The minimum absolute atomic E-state index is 0.0738. The summed E-state index contributed by atoms with van der Waals surface area (Å²) < 4.78 is 0. The summed E-state index contributed by atoms with van der Waals surface area (Å²) in [5, 5.41) is 3.33. The Bertz CT molecular complexity index is 231. The number of carbonyl (C=O) groups excluding carboxylic acids is 1. The standard InChI is InChI=1S/C9H14N2O/c12-8-9(4-5-9)10-6-11(8)7-2-1-3-7/h7,10H,1-6H2. The van der Waals surface area contributed by atoms with Gasteiger partial charge in [0.1, 0.15) is 0 Å². The highest BCUT2D eigenvalue weighted by atomic mass is 16.2. The van der Waals surface area contributed by atoms with E-state index in [0.717, 1.165) is 19.5 Å². The Kier molecular flexibility index (Phi) is 1.16. The highest BCUT2D eigenvalue weighted by Crippen LogP contribution is 2.42. The van der Waals surface area contributed by atoms with Crippen LogP contribution < -0.4 is 5.32 Å². The number of nitrogens with one attached hydrogen (secondary N) is 1. The number of carbonyl (C=O) groups is 1. The lowest BCUT2D eigenvalue weighted by atomic mass is 9.91. The van der Waals surface area contributed by atoms with Crippen molar-refractivity contribution in [1.29, 1.82) is 0 Å². The van der Waals surface area contributed by atoms with E-state index in [9.17, 15) is 4.79 Å². The molecule has 0 atom stereocenters. The van der Waals surface area contributed by atoms with Gasteiger partial charge in [-0.25, -0.2) is 0 Å². The molecule has 1 amide bonds. The van der Waals surface area contributed by atoms with Crippen LogP contribution in [-0.2, 0) is 4.79 Å². The van der Waals surface area contributed by atoms with E-state index in [0.29, 0.717) is 11.9 Å². The molecule has 12 heavy (non-hydrogen) atoms. The maximum absolute atomic E-state index is 11.8. The van der Waals surface area contributed by atoms with Crippen LogP contribution in [0.25, 0.3) is 0 Å². The molecule has 2 saturated carbocycles. The SMILES string of the molecule is O=C1N(C2CCC2)CNC12CC2. The predicted molar refractivity (Wildman–Crippen MR) is 44.5 cm³/mol. The molecule has 66 valence electrons. The number of rotatable bonds is 1. The zero-order valence-corrected chi connectivity index (χ0v) is 7.18. The molecule has 3 fully saturated rings.